The molecule has 0 radical (unpaired) electrons. The topological polar surface area (TPSA) is 38.7 Å². The number of esters is 1. The molecule has 1 aliphatic rings. The second-order valence-corrected chi connectivity index (χ2v) is 6.85. The van der Waals surface area contributed by atoms with Crippen molar-refractivity contribution < 1.29 is 9.53 Å². The molecule has 3 nitrogen and oxygen atoms in total. The monoisotopic (exact) mass is 351 g/mol. The number of thioether (sulfide) groups is 1. The molecule has 25 heavy (non-hydrogen) atoms. The predicted octanol–water partition coefficient (Wildman–Crippen LogP) is 4.90. The number of ether oxygens (including phenoxy) is 1. The molecule has 2 aromatic rings. The second-order valence-electron chi connectivity index (χ2n) is 5.94. The number of carbonyl (C=O) groups is 1. The molecular formula is C21H21NO2S. The fourth-order valence-corrected chi connectivity index (χ4v) is 3.50. The van der Waals surface area contributed by atoms with Gasteiger partial charge < -0.3 is 4.74 Å². The number of nitrogens with zero attached hydrogens (tertiary/aromatic N) is 1. The van der Waals surface area contributed by atoms with Gasteiger partial charge in [0.15, 0.2) is 0 Å². The van der Waals surface area contributed by atoms with Crippen LogP contribution in [0, 0.1) is 0 Å². The Labute approximate surface area is 152 Å². The van der Waals surface area contributed by atoms with Crippen LogP contribution in [0.1, 0.15) is 35.3 Å². The van der Waals surface area contributed by atoms with Crippen LogP contribution in [0.25, 0.3) is 0 Å². The smallest absolute Gasteiger partial charge is 0.338 e. The number of carbonyl (C=O) groups excluding carboxylic acids is 1. The maximum atomic E-state index is 11.8. The number of aliphatic imine (C=N–C) groups is 1. The first-order valence-electron chi connectivity index (χ1n) is 8.38. The standard InChI is InChI=1S/C21H21NO2S/c1-3-24-21(23)17-10-8-16(9-11-17)12-19-18-6-4-5-7-20(18)25-14-15(2)13-22-19/h4-11,14H,3,12-13H2,1-2H3/b15-14-,22-19?. The number of hydrogen-bond donors (Lipinski definition) is 0. The summed E-state index contributed by atoms with van der Waals surface area (Å²) in [6.45, 7) is 5.03. The molecular weight excluding hydrogens is 330 g/mol. The molecule has 0 N–H and O–H groups in total. The molecule has 128 valence electrons. The maximum absolute atomic E-state index is 11.8. The summed E-state index contributed by atoms with van der Waals surface area (Å²) in [5.74, 6) is -0.278. The highest BCUT2D eigenvalue weighted by Gasteiger charge is 2.13. The molecule has 1 aliphatic heterocycles. The van der Waals surface area contributed by atoms with Crippen LogP contribution in [0.3, 0.4) is 0 Å². The third-order valence-corrected chi connectivity index (χ3v) is 5.07. The van der Waals surface area contributed by atoms with Crippen molar-refractivity contribution in [3.63, 3.8) is 0 Å². The molecule has 0 saturated carbocycles. The van der Waals surface area contributed by atoms with Crippen molar-refractivity contribution in [2.24, 2.45) is 4.99 Å². The summed E-state index contributed by atoms with van der Waals surface area (Å²) >= 11 is 1.75. The van der Waals surface area contributed by atoms with Crippen molar-refractivity contribution in [2.45, 2.75) is 25.2 Å². The van der Waals surface area contributed by atoms with Crippen LogP contribution in [-0.2, 0) is 11.2 Å². The van der Waals surface area contributed by atoms with Gasteiger partial charge in [0.25, 0.3) is 0 Å². The van der Waals surface area contributed by atoms with E-state index in [4.69, 9.17) is 9.73 Å². The van der Waals surface area contributed by atoms with Gasteiger partial charge in [0.05, 0.1) is 18.7 Å². The van der Waals surface area contributed by atoms with E-state index in [1.807, 2.05) is 31.2 Å². The average Bonchev–Trinajstić information content (AvgIpc) is 2.63. The van der Waals surface area contributed by atoms with Crippen LogP contribution >= 0.6 is 11.8 Å². The van der Waals surface area contributed by atoms with Gasteiger partial charge in [0.1, 0.15) is 0 Å². The highest BCUT2D eigenvalue weighted by atomic mass is 32.2. The third kappa shape index (κ3) is 4.40. The van der Waals surface area contributed by atoms with Crippen LogP contribution in [0.15, 0.2) is 69.4 Å². The molecule has 0 atom stereocenters. The molecule has 2 aromatic carbocycles. The largest absolute Gasteiger partial charge is 0.462 e. The van der Waals surface area contributed by atoms with Gasteiger partial charge in [-0.1, -0.05) is 42.1 Å². The Hall–Kier alpha value is -2.33. The number of fused-ring (bicyclic) bond motifs is 1. The van der Waals surface area contributed by atoms with Gasteiger partial charge in [-0.2, -0.15) is 0 Å². The lowest BCUT2D eigenvalue weighted by Crippen LogP contribution is -2.10. The zero-order chi connectivity index (χ0) is 17.6. The van der Waals surface area contributed by atoms with Crippen molar-refractivity contribution in [1.82, 2.24) is 0 Å². The lowest BCUT2D eigenvalue weighted by Gasteiger charge is -2.14. The zero-order valence-electron chi connectivity index (χ0n) is 14.5. The van der Waals surface area contributed by atoms with Gasteiger partial charge in [-0.3, -0.25) is 4.99 Å². The Kier molecular flexibility index (Phi) is 5.71. The van der Waals surface area contributed by atoms with Crippen molar-refractivity contribution in [1.29, 1.82) is 0 Å². The number of benzene rings is 2. The Morgan fingerprint density at radius 2 is 1.92 bits per heavy atom. The van der Waals surface area contributed by atoms with Crippen molar-refractivity contribution in [3.8, 4) is 0 Å². The average molecular weight is 351 g/mol. The third-order valence-electron chi connectivity index (χ3n) is 3.94. The van der Waals surface area contributed by atoms with Crippen LogP contribution in [0.4, 0.5) is 0 Å². The summed E-state index contributed by atoms with van der Waals surface area (Å²) in [5, 5.41) is 2.17. The van der Waals surface area contributed by atoms with Gasteiger partial charge in [-0.15, -0.1) is 0 Å². The Morgan fingerprint density at radius 1 is 1.16 bits per heavy atom. The molecule has 0 fully saturated rings. The quantitative estimate of drug-likeness (QED) is 0.735. The summed E-state index contributed by atoms with van der Waals surface area (Å²) in [5.41, 5.74) is 5.24. The fourth-order valence-electron chi connectivity index (χ4n) is 2.63. The van der Waals surface area contributed by atoms with Gasteiger partial charge in [-0.05, 0) is 48.6 Å². The SMILES string of the molecule is CCOC(=O)c1ccc(CC2=NC/C(C)=C\Sc3ccccc32)cc1. The molecule has 0 unspecified atom stereocenters. The minimum Gasteiger partial charge on any atom is -0.462 e. The van der Waals surface area contributed by atoms with Gasteiger partial charge in [-0.25, -0.2) is 4.79 Å². The Balaban J connectivity index is 1.85. The minimum atomic E-state index is -0.278. The molecule has 0 bridgehead atoms. The van der Waals surface area contributed by atoms with E-state index in [2.05, 4.69) is 36.6 Å². The number of hydrogen-bond acceptors (Lipinski definition) is 4. The van der Waals surface area contributed by atoms with E-state index in [1.165, 1.54) is 16.0 Å². The van der Waals surface area contributed by atoms with Crippen molar-refractivity contribution in [3.05, 3.63) is 76.2 Å². The second kappa shape index (κ2) is 8.17. The summed E-state index contributed by atoms with van der Waals surface area (Å²) < 4.78 is 5.03. The van der Waals surface area contributed by atoms with E-state index in [0.29, 0.717) is 12.2 Å². The van der Waals surface area contributed by atoms with Crippen LogP contribution in [0.5, 0.6) is 0 Å². The van der Waals surface area contributed by atoms with Crippen molar-refractivity contribution >= 4 is 23.4 Å². The van der Waals surface area contributed by atoms with Crippen LogP contribution < -0.4 is 0 Å². The first kappa shape index (κ1) is 17.5. The van der Waals surface area contributed by atoms with Crippen LogP contribution in [-0.4, -0.2) is 24.8 Å². The minimum absolute atomic E-state index is 0.278. The summed E-state index contributed by atoms with van der Waals surface area (Å²) in [7, 11) is 0. The molecule has 0 aliphatic carbocycles. The molecule has 0 amide bonds. The van der Waals surface area contributed by atoms with Gasteiger partial charge >= 0.3 is 5.97 Å². The molecule has 1 heterocycles. The maximum Gasteiger partial charge on any atom is 0.338 e. The van der Waals surface area contributed by atoms with Gasteiger partial charge in [0.2, 0.25) is 0 Å². The zero-order valence-corrected chi connectivity index (χ0v) is 15.3. The summed E-state index contributed by atoms with van der Waals surface area (Å²) in [6, 6.07) is 16.0. The highest BCUT2D eigenvalue weighted by Crippen LogP contribution is 2.28. The first-order chi connectivity index (χ1) is 12.2. The molecule has 4 heteroatoms. The number of rotatable bonds is 4. The lowest BCUT2D eigenvalue weighted by atomic mass is 10.0. The van der Waals surface area contributed by atoms with E-state index in [-0.39, 0.29) is 5.97 Å². The predicted molar refractivity (Wildman–Crippen MR) is 104 cm³/mol. The van der Waals surface area contributed by atoms with E-state index >= 15 is 0 Å². The Morgan fingerprint density at radius 3 is 2.68 bits per heavy atom. The van der Waals surface area contributed by atoms with E-state index < -0.39 is 0 Å². The Bertz CT molecular complexity index is 822. The fraction of sp³-hybridized carbons (Fsp3) is 0.238. The van der Waals surface area contributed by atoms with E-state index in [0.717, 1.165) is 24.2 Å². The van der Waals surface area contributed by atoms with Crippen molar-refractivity contribution in [2.75, 3.05) is 13.2 Å². The van der Waals surface area contributed by atoms with Gasteiger partial charge in [0, 0.05) is 22.6 Å². The molecule has 3 rings (SSSR count). The lowest BCUT2D eigenvalue weighted by molar-refractivity contribution is 0.0526. The normalized spacial score (nSPS) is 15.9. The highest BCUT2D eigenvalue weighted by molar-refractivity contribution is 8.02. The summed E-state index contributed by atoms with van der Waals surface area (Å²) in [4.78, 5) is 17.8. The molecule has 0 saturated heterocycles. The van der Waals surface area contributed by atoms with E-state index in [1.54, 1.807) is 11.8 Å². The molecule has 0 aromatic heterocycles. The summed E-state index contributed by atoms with van der Waals surface area (Å²) in [6.07, 6.45) is 0.744. The first-order valence-corrected chi connectivity index (χ1v) is 9.26. The van der Waals surface area contributed by atoms with Crippen LogP contribution in [0.2, 0.25) is 0 Å². The van der Waals surface area contributed by atoms with E-state index in [9.17, 15) is 4.79 Å². The molecule has 0 spiro atoms.